The van der Waals surface area contributed by atoms with E-state index >= 15 is 0 Å². The van der Waals surface area contributed by atoms with Gasteiger partial charge in [0.05, 0.1) is 26.4 Å². The number of rotatable bonds is 73. The van der Waals surface area contributed by atoms with Crippen LogP contribution < -0.4 is 0 Å². The first-order valence-electron chi connectivity index (χ1n) is 38.1. The lowest BCUT2D eigenvalue weighted by atomic mass is 10.0. The van der Waals surface area contributed by atoms with Gasteiger partial charge in [-0.3, -0.25) is 37.3 Å². The largest absolute Gasteiger partial charge is 0.472 e. The van der Waals surface area contributed by atoms with Crippen molar-refractivity contribution in [3.8, 4) is 0 Å². The predicted octanol–water partition coefficient (Wildman–Crippen LogP) is 21.3. The number of esters is 4. The molecule has 0 saturated heterocycles. The van der Waals surface area contributed by atoms with Crippen molar-refractivity contribution in [2.75, 3.05) is 39.6 Å². The molecule has 0 heterocycles. The van der Waals surface area contributed by atoms with Crippen molar-refractivity contribution in [3.63, 3.8) is 0 Å². The molecule has 17 nitrogen and oxygen atoms in total. The first kappa shape index (κ1) is 90.1. The number of aliphatic hydroxyl groups is 1. The van der Waals surface area contributed by atoms with Gasteiger partial charge in [0.25, 0.3) is 0 Å². The second-order valence-electron chi connectivity index (χ2n) is 26.8. The molecular formula is C73H142O17P2. The van der Waals surface area contributed by atoms with Crippen LogP contribution in [0.5, 0.6) is 0 Å². The third kappa shape index (κ3) is 66.7. The average Bonchev–Trinajstić information content (AvgIpc) is 1.94. The molecule has 0 aliphatic rings. The Morgan fingerprint density at radius 1 is 0.293 bits per heavy atom. The van der Waals surface area contributed by atoms with Crippen LogP contribution in [0.3, 0.4) is 0 Å². The van der Waals surface area contributed by atoms with Crippen molar-refractivity contribution in [2.45, 2.75) is 400 Å². The quantitative estimate of drug-likeness (QED) is 0.0222. The van der Waals surface area contributed by atoms with Gasteiger partial charge in [0, 0.05) is 25.7 Å². The smallest absolute Gasteiger partial charge is 0.462 e. The Kier molecular flexibility index (Phi) is 64.9. The summed E-state index contributed by atoms with van der Waals surface area (Å²) in [5, 5.41) is 10.6. The van der Waals surface area contributed by atoms with Crippen LogP contribution in [-0.4, -0.2) is 96.7 Å². The van der Waals surface area contributed by atoms with Crippen molar-refractivity contribution < 1.29 is 80.2 Å². The number of phosphoric ester groups is 2. The molecule has 0 radical (unpaired) electrons. The highest BCUT2D eigenvalue weighted by molar-refractivity contribution is 7.47. The Morgan fingerprint density at radius 2 is 0.500 bits per heavy atom. The molecule has 0 fully saturated rings. The Morgan fingerprint density at radius 3 is 0.739 bits per heavy atom. The van der Waals surface area contributed by atoms with Gasteiger partial charge in [0.1, 0.15) is 19.3 Å². The Hall–Kier alpha value is -1.94. The summed E-state index contributed by atoms with van der Waals surface area (Å²) in [6.07, 6.45) is 54.4. The summed E-state index contributed by atoms with van der Waals surface area (Å²) >= 11 is 0. The number of hydrogen-bond acceptors (Lipinski definition) is 15. The maximum Gasteiger partial charge on any atom is 0.472 e. The van der Waals surface area contributed by atoms with E-state index in [0.29, 0.717) is 25.7 Å². The minimum atomic E-state index is -4.95. The molecule has 92 heavy (non-hydrogen) atoms. The van der Waals surface area contributed by atoms with Crippen molar-refractivity contribution in [1.82, 2.24) is 0 Å². The Balaban J connectivity index is 5.14. The highest BCUT2D eigenvalue weighted by Gasteiger charge is 2.30. The van der Waals surface area contributed by atoms with Crippen LogP contribution >= 0.6 is 15.6 Å². The summed E-state index contributed by atoms with van der Waals surface area (Å²) in [5.41, 5.74) is 0. The molecule has 546 valence electrons. The molecule has 5 atom stereocenters. The van der Waals surface area contributed by atoms with E-state index in [-0.39, 0.29) is 25.7 Å². The SMILES string of the molecule is CCCCCCCCCCCCCCCCCCCCCCCC(=O)O[C@H](COC(=O)CCCCCCCCCCCC(C)C)COP(=O)(O)OC[C@@H](O)COP(=O)(O)OC[C@@H](COC(=O)CCCCCCCCC)OC(=O)CCCCCCCCCCCCCC. The van der Waals surface area contributed by atoms with Gasteiger partial charge in [-0.25, -0.2) is 9.13 Å². The van der Waals surface area contributed by atoms with Crippen LogP contribution in [0.4, 0.5) is 0 Å². The summed E-state index contributed by atoms with van der Waals surface area (Å²) in [7, 11) is -9.90. The van der Waals surface area contributed by atoms with Gasteiger partial charge in [-0.15, -0.1) is 0 Å². The summed E-state index contributed by atoms with van der Waals surface area (Å²) in [6.45, 7) is 7.21. The van der Waals surface area contributed by atoms with Gasteiger partial charge < -0.3 is 33.8 Å². The summed E-state index contributed by atoms with van der Waals surface area (Å²) in [4.78, 5) is 72.5. The lowest BCUT2D eigenvalue weighted by Crippen LogP contribution is -2.30. The second-order valence-corrected chi connectivity index (χ2v) is 29.7. The van der Waals surface area contributed by atoms with E-state index in [1.54, 1.807) is 0 Å². The number of aliphatic hydroxyl groups excluding tert-OH is 1. The number of unbranched alkanes of at least 4 members (excludes halogenated alkanes) is 45. The molecule has 0 aliphatic carbocycles. The number of carbonyl (C=O) groups is 4. The highest BCUT2D eigenvalue weighted by atomic mass is 31.2. The zero-order valence-corrected chi connectivity index (χ0v) is 61.5. The standard InChI is InChI=1S/C73H142O17P2/c1-6-9-12-15-18-20-22-24-25-26-27-28-29-30-31-32-34-38-44-49-54-59-73(78)90-69(63-84-71(76)57-52-47-42-39-35-36-41-45-50-55-66(4)5)65-88-92(81,82)86-61-67(74)60-85-91(79,80)87-64-68(62-83-70(75)56-51-46-40-17-14-11-8-3)89-72(77)58-53-48-43-37-33-23-21-19-16-13-10-7-2/h66-69,74H,6-65H2,1-5H3,(H,79,80)(H,81,82)/t67-,68+,69+/m0/s1. The van der Waals surface area contributed by atoms with Crippen molar-refractivity contribution >= 4 is 39.5 Å². The molecule has 0 saturated carbocycles. The van der Waals surface area contributed by atoms with Crippen molar-refractivity contribution in [3.05, 3.63) is 0 Å². The van der Waals surface area contributed by atoms with E-state index in [9.17, 15) is 43.2 Å². The second kappa shape index (κ2) is 66.3. The molecule has 0 rings (SSSR count). The maximum atomic E-state index is 13.0. The zero-order valence-electron chi connectivity index (χ0n) is 59.7. The maximum absolute atomic E-state index is 13.0. The molecule has 0 amide bonds. The topological polar surface area (TPSA) is 237 Å². The predicted molar refractivity (Wildman–Crippen MR) is 372 cm³/mol. The van der Waals surface area contributed by atoms with E-state index in [2.05, 4.69) is 34.6 Å². The molecular weight excluding hydrogens is 1210 g/mol. The van der Waals surface area contributed by atoms with Crippen LogP contribution in [0.25, 0.3) is 0 Å². The molecule has 0 aromatic carbocycles. The normalized spacial score (nSPS) is 14.0. The molecule has 3 N–H and O–H groups in total. The first-order chi connectivity index (χ1) is 44.5. The van der Waals surface area contributed by atoms with E-state index in [4.69, 9.17) is 37.0 Å². The molecule has 0 aliphatic heterocycles. The monoisotopic (exact) mass is 1350 g/mol. The fourth-order valence-corrected chi connectivity index (χ4v) is 12.8. The van der Waals surface area contributed by atoms with E-state index in [1.807, 2.05) is 0 Å². The van der Waals surface area contributed by atoms with Crippen molar-refractivity contribution in [2.24, 2.45) is 5.92 Å². The van der Waals surface area contributed by atoms with Gasteiger partial charge in [0.2, 0.25) is 0 Å². The summed E-state index contributed by atoms with van der Waals surface area (Å²) in [5.74, 6) is -1.38. The molecule has 2 unspecified atom stereocenters. The third-order valence-corrected chi connectivity index (χ3v) is 18.9. The molecule has 19 heteroatoms. The van der Waals surface area contributed by atoms with Crippen LogP contribution in [0, 0.1) is 5.92 Å². The fourth-order valence-electron chi connectivity index (χ4n) is 11.2. The molecule has 0 aromatic heterocycles. The fraction of sp³-hybridized carbons (Fsp3) is 0.945. The zero-order chi connectivity index (χ0) is 67.7. The van der Waals surface area contributed by atoms with Crippen molar-refractivity contribution in [1.29, 1.82) is 0 Å². The molecule has 0 spiro atoms. The van der Waals surface area contributed by atoms with Crippen LogP contribution in [0.2, 0.25) is 0 Å². The van der Waals surface area contributed by atoms with Gasteiger partial charge in [-0.05, 0) is 31.6 Å². The Bertz CT molecular complexity index is 1770. The van der Waals surface area contributed by atoms with Gasteiger partial charge in [0.15, 0.2) is 12.2 Å². The third-order valence-electron chi connectivity index (χ3n) is 17.0. The van der Waals surface area contributed by atoms with E-state index < -0.39 is 97.5 Å². The number of phosphoric acid groups is 2. The van der Waals surface area contributed by atoms with Crippen LogP contribution in [0.15, 0.2) is 0 Å². The summed E-state index contributed by atoms with van der Waals surface area (Å²) < 4.78 is 68.3. The lowest BCUT2D eigenvalue weighted by Gasteiger charge is -2.21. The van der Waals surface area contributed by atoms with E-state index in [0.717, 1.165) is 109 Å². The minimum absolute atomic E-state index is 0.107. The van der Waals surface area contributed by atoms with Gasteiger partial charge >= 0.3 is 39.5 Å². The Labute approximate surface area is 562 Å². The van der Waals surface area contributed by atoms with Crippen LogP contribution in [0.1, 0.15) is 381 Å². The molecule has 0 aromatic rings. The number of hydrogen-bond donors (Lipinski definition) is 3. The highest BCUT2D eigenvalue weighted by Crippen LogP contribution is 2.45. The molecule has 0 bridgehead atoms. The van der Waals surface area contributed by atoms with Gasteiger partial charge in [-0.2, -0.15) is 0 Å². The number of ether oxygens (including phenoxy) is 4. The minimum Gasteiger partial charge on any atom is -0.462 e. The average molecular weight is 1350 g/mol. The van der Waals surface area contributed by atoms with Crippen LogP contribution in [-0.2, 0) is 65.4 Å². The summed E-state index contributed by atoms with van der Waals surface area (Å²) in [6, 6.07) is 0. The van der Waals surface area contributed by atoms with E-state index in [1.165, 1.54) is 193 Å². The number of carbonyl (C=O) groups excluding carboxylic acids is 4. The first-order valence-corrected chi connectivity index (χ1v) is 41.1. The van der Waals surface area contributed by atoms with Gasteiger partial charge in [-0.1, -0.05) is 330 Å². The lowest BCUT2D eigenvalue weighted by molar-refractivity contribution is -0.161.